The number of hydrogen-bond acceptors (Lipinski definition) is 6. The molecule has 2 aromatic carbocycles. The summed E-state index contributed by atoms with van der Waals surface area (Å²) in [6.45, 7) is 1.51. The number of nitrogens with one attached hydrogen (secondary N) is 1. The van der Waals surface area contributed by atoms with Gasteiger partial charge in [0.05, 0.1) is 17.6 Å². The van der Waals surface area contributed by atoms with Crippen molar-refractivity contribution >= 4 is 27.6 Å². The lowest BCUT2D eigenvalue weighted by atomic mass is 9.98. The molecule has 0 unspecified atom stereocenters. The summed E-state index contributed by atoms with van der Waals surface area (Å²) in [5, 5.41) is 11.5. The van der Waals surface area contributed by atoms with E-state index in [1.165, 1.54) is 31.2 Å². The number of carbonyl (C=O) groups excluding carboxylic acids is 2. The zero-order valence-electron chi connectivity index (χ0n) is 17.3. The molecule has 1 fully saturated rings. The average molecular weight is 459 g/mol. The Morgan fingerprint density at radius 2 is 1.88 bits per heavy atom. The van der Waals surface area contributed by atoms with E-state index >= 15 is 0 Å². The summed E-state index contributed by atoms with van der Waals surface area (Å²) in [6.07, 6.45) is -0.677. The monoisotopic (exact) mass is 459 g/mol. The van der Waals surface area contributed by atoms with Crippen molar-refractivity contribution in [2.45, 2.75) is 30.8 Å². The Labute approximate surface area is 185 Å². The van der Waals surface area contributed by atoms with E-state index in [0.717, 1.165) is 10.4 Å². The van der Waals surface area contributed by atoms with Crippen molar-refractivity contribution in [1.82, 2.24) is 4.31 Å². The second-order valence-electron chi connectivity index (χ2n) is 7.37. The standard InChI is InChI=1S/C22H22FN3O5S/c1-15(21(27)25-18-6-4-5-16(13-18)14-24)31-22(28)17-9-11-26(12-10-17)32(29,30)20-8-3-2-7-19(20)23/h2-8,13,15,17H,9-12H2,1H3,(H,25,27)/t15-/m1/s1. The Hall–Kier alpha value is -3.29. The highest BCUT2D eigenvalue weighted by molar-refractivity contribution is 7.89. The highest BCUT2D eigenvalue weighted by Gasteiger charge is 2.35. The predicted octanol–water partition coefficient (Wildman–Crippen LogP) is 2.67. The average Bonchev–Trinajstić information content (AvgIpc) is 2.79. The van der Waals surface area contributed by atoms with Gasteiger partial charge in [0.1, 0.15) is 10.7 Å². The quantitative estimate of drug-likeness (QED) is 0.664. The SMILES string of the molecule is C[C@@H](OC(=O)C1CCN(S(=O)(=O)c2ccccc2F)CC1)C(=O)Nc1cccc(C#N)c1. The molecule has 2 aromatic rings. The molecule has 1 aliphatic rings. The van der Waals surface area contributed by atoms with Gasteiger partial charge in [0.25, 0.3) is 5.91 Å². The normalized spacial score (nSPS) is 16.0. The van der Waals surface area contributed by atoms with Crippen LogP contribution in [0.25, 0.3) is 0 Å². The highest BCUT2D eigenvalue weighted by Crippen LogP contribution is 2.26. The fourth-order valence-electron chi connectivity index (χ4n) is 3.36. The third-order valence-corrected chi connectivity index (χ3v) is 7.09. The third-order valence-electron chi connectivity index (χ3n) is 5.16. The second-order valence-corrected chi connectivity index (χ2v) is 9.28. The molecule has 0 spiro atoms. The maximum atomic E-state index is 13.9. The van der Waals surface area contributed by atoms with Gasteiger partial charge in [0.15, 0.2) is 6.10 Å². The van der Waals surface area contributed by atoms with Crippen LogP contribution in [0.1, 0.15) is 25.3 Å². The van der Waals surface area contributed by atoms with Crippen molar-refractivity contribution in [2.24, 2.45) is 5.92 Å². The highest BCUT2D eigenvalue weighted by atomic mass is 32.2. The van der Waals surface area contributed by atoms with E-state index < -0.39 is 44.6 Å². The van der Waals surface area contributed by atoms with E-state index in [1.807, 2.05) is 6.07 Å². The van der Waals surface area contributed by atoms with Gasteiger partial charge in [-0.15, -0.1) is 0 Å². The van der Waals surface area contributed by atoms with Crippen molar-refractivity contribution in [3.8, 4) is 6.07 Å². The minimum absolute atomic E-state index is 0.0396. The number of piperidine rings is 1. The Kier molecular flexibility index (Phi) is 7.22. The molecule has 1 heterocycles. The Morgan fingerprint density at radius 1 is 1.19 bits per heavy atom. The van der Waals surface area contributed by atoms with Crippen molar-refractivity contribution in [1.29, 1.82) is 5.26 Å². The van der Waals surface area contributed by atoms with E-state index in [0.29, 0.717) is 11.3 Å². The molecule has 10 heteroatoms. The molecule has 1 amide bonds. The summed E-state index contributed by atoms with van der Waals surface area (Å²) in [5.41, 5.74) is 0.785. The molecule has 0 radical (unpaired) electrons. The molecule has 168 valence electrons. The smallest absolute Gasteiger partial charge is 0.309 e. The zero-order valence-corrected chi connectivity index (χ0v) is 18.1. The topological polar surface area (TPSA) is 117 Å². The number of carbonyl (C=O) groups is 2. The molecule has 0 aromatic heterocycles. The van der Waals surface area contributed by atoms with Gasteiger partial charge in [-0.1, -0.05) is 18.2 Å². The molecule has 3 rings (SSSR count). The maximum absolute atomic E-state index is 13.9. The van der Waals surface area contributed by atoms with Crippen LogP contribution in [0.5, 0.6) is 0 Å². The fraction of sp³-hybridized carbons (Fsp3) is 0.318. The van der Waals surface area contributed by atoms with E-state index in [1.54, 1.807) is 18.2 Å². The molecule has 1 atom stereocenters. The van der Waals surface area contributed by atoms with Crippen LogP contribution >= 0.6 is 0 Å². The predicted molar refractivity (Wildman–Crippen MR) is 113 cm³/mol. The van der Waals surface area contributed by atoms with Crippen LogP contribution in [0.2, 0.25) is 0 Å². The molecule has 32 heavy (non-hydrogen) atoms. The summed E-state index contributed by atoms with van der Waals surface area (Å²) in [7, 11) is -4.00. The number of rotatable bonds is 6. The number of ether oxygens (including phenoxy) is 1. The minimum atomic E-state index is -4.00. The van der Waals surface area contributed by atoms with Crippen molar-refractivity contribution < 1.29 is 27.1 Å². The summed E-state index contributed by atoms with van der Waals surface area (Å²) in [5.74, 6) is -2.54. The first-order valence-corrected chi connectivity index (χ1v) is 11.4. The molecule has 1 N–H and O–H groups in total. The van der Waals surface area contributed by atoms with Crippen LogP contribution in [0.4, 0.5) is 10.1 Å². The summed E-state index contributed by atoms with van der Waals surface area (Å²) >= 11 is 0. The van der Waals surface area contributed by atoms with Crippen molar-refractivity contribution in [3.63, 3.8) is 0 Å². The van der Waals surface area contributed by atoms with Crippen LogP contribution in [-0.2, 0) is 24.3 Å². The van der Waals surface area contributed by atoms with Gasteiger partial charge < -0.3 is 10.1 Å². The van der Waals surface area contributed by atoms with Gasteiger partial charge in [0.2, 0.25) is 10.0 Å². The lowest BCUT2D eigenvalue weighted by Crippen LogP contribution is -2.42. The number of hydrogen-bond donors (Lipinski definition) is 1. The minimum Gasteiger partial charge on any atom is -0.452 e. The molecule has 0 saturated carbocycles. The van der Waals surface area contributed by atoms with Crippen molar-refractivity contribution in [2.75, 3.05) is 18.4 Å². The summed E-state index contributed by atoms with van der Waals surface area (Å²) in [6, 6.07) is 13.4. The molecule has 0 bridgehead atoms. The molecule has 1 saturated heterocycles. The van der Waals surface area contributed by atoms with E-state index in [-0.39, 0.29) is 25.9 Å². The van der Waals surface area contributed by atoms with Gasteiger partial charge in [-0.25, -0.2) is 12.8 Å². The lowest BCUT2D eigenvalue weighted by molar-refractivity contribution is -0.158. The third kappa shape index (κ3) is 5.30. The number of nitriles is 1. The molecular formula is C22H22FN3O5S. The van der Waals surface area contributed by atoms with Gasteiger partial charge in [-0.05, 0) is 50.1 Å². The molecular weight excluding hydrogens is 437 g/mol. The summed E-state index contributed by atoms with van der Waals surface area (Å²) in [4.78, 5) is 24.4. The number of amides is 1. The van der Waals surface area contributed by atoms with Gasteiger partial charge in [-0.3, -0.25) is 9.59 Å². The van der Waals surface area contributed by atoms with Gasteiger partial charge in [-0.2, -0.15) is 9.57 Å². The zero-order chi connectivity index (χ0) is 23.3. The molecule has 0 aliphatic carbocycles. The number of halogens is 1. The first-order chi connectivity index (χ1) is 15.2. The lowest BCUT2D eigenvalue weighted by Gasteiger charge is -2.30. The Morgan fingerprint density at radius 3 is 2.53 bits per heavy atom. The van der Waals surface area contributed by atoms with Crippen LogP contribution in [0.3, 0.4) is 0 Å². The van der Waals surface area contributed by atoms with Gasteiger partial charge >= 0.3 is 5.97 Å². The Balaban J connectivity index is 1.54. The van der Waals surface area contributed by atoms with Crippen LogP contribution in [0.15, 0.2) is 53.4 Å². The fourth-order valence-corrected chi connectivity index (χ4v) is 4.89. The van der Waals surface area contributed by atoms with Crippen LogP contribution in [0, 0.1) is 23.1 Å². The van der Waals surface area contributed by atoms with Crippen molar-refractivity contribution in [3.05, 3.63) is 59.9 Å². The van der Waals surface area contributed by atoms with Crippen LogP contribution < -0.4 is 5.32 Å². The first-order valence-electron chi connectivity index (χ1n) is 9.98. The van der Waals surface area contributed by atoms with Gasteiger partial charge in [0, 0.05) is 18.8 Å². The number of nitrogens with zero attached hydrogens (tertiary/aromatic N) is 2. The van der Waals surface area contributed by atoms with Crippen LogP contribution in [-0.4, -0.2) is 43.8 Å². The number of esters is 1. The maximum Gasteiger partial charge on any atom is 0.309 e. The molecule has 1 aliphatic heterocycles. The Bertz CT molecular complexity index is 1150. The summed E-state index contributed by atoms with van der Waals surface area (Å²) < 4.78 is 45.7. The number of sulfonamides is 1. The second kappa shape index (κ2) is 9.89. The van der Waals surface area contributed by atoms with E-state index in [2.05, 4.69) is 5.32 Å². The van der Waals surface area contributed by atoms with E-state index in [9.17, 15) is 22.4 Å². The molecule has 8 nitrogen and oxygen atoms in total. The number of benzene rings is 2. The largest absolute Gasteiger partial charge is 0.452 e. The first kappa shape index (κ1) is 23.4. The van der Waals surface area contributed by atoms with E-state index in [4.69, 9.17) is 10.00 Å². The number of anilines is 1.